The van der Waals surface area contributed by atoms with Gasteiger partial charge in [0.2, 0.25) is 0 Å². The normalized spacial score (nSPS) is 22.9. The summed E-state index contributed by atoms with van der Waals surface area (Å²) in [7, 11) is 0. The van der Waals surface area contributed by atoms with Crippen molar-refractivity contribution in [2.24, 2.45) is 0 Å². The van der Waals surface area contributed by atoms with Crippen molar-refractivity contribution >= 4 is 5.91 Å². The SMILES string of the molecule is CCOc1ccc(C(=O)NC[C@H]2COC3(CCCCC3)O2)cc1. The van der Waals surface area contributed by atoms with Crippen LogP contribution in [0.15, 0.2) is 24.3 Å². The zero-order chi connectivity index (χ0) is 16.1. The van der Waals surface area contributed by atoms with Gasteiger partial charge in [-0.2, -0.15) is 0 Å². The molecular weight excluding hydrogens is 294 g/mol. The molecule has 1 aliphatic carbocycles. The summed E-state index contributed by atoms with van der Waals surface area (Å²) >= 11 is 0. The molecule has 2 fully saturated rings. The van der Waals surface area contributed by atoms with Gasteiger partial charge in [0.15, 0.2) is 5.79 Å². The number of hydrogen-bond donors (Lipinski definition) is 1. The van der Waals surface area contributed by atoms with Crippen LogP contribution in [0.25, 0.3) is 0 Å². The minimum Gasteiger partial charge on any atom is -0.494 e. The van der Waals surface area contributed by atoms with E-state index in [2.05, 4.69) is 5.32 Å². The van der Waals surface area contributed by atoms with Crippen LogP contribution in [0.3, 0.4) is 0 Å². The number of amides is 1. The molecule has 1 aliphatic heterocycles. The average molecular weight is 319 g/mol. The van der Waals surface area contributed by atoms with E-state index in [-0.39, 0.29) is 17.8 Å². The maximum absolute atomic E-state index is 12.2. The predicted octanol–water partition coefficient (Wildman–Crippen LogP) is 2.89. The number of rotatable bonds is 5. The molecule has 1 spiro atoms. The molecular formula is C18H25NO4. The van der Waals surface area contributed by atoms with Crippen molar-refractivity contribution in [3.8, 4) is 5.75 Å². The van der Waals surface area contributed by atoms with Crippen molar-refractivity contribution in [1.29, 1.82) is 0 Å². The molecule has 126 valence electrons. The molecule has 0 unspecified atom stereocenters. The summed E-state index contributed by atoms with van der Waals surface area (Å²) in [6.45, 7) is 3.59. The van der Waals surface area contributed by atoms with Crippen LogP contribution in [-0.2, 0) is 9.47 Å². The summed E-state index contributed by atoms with van der Waals surface area (Å²) in [5, 5.41) is 2.93. The molecule has 5 nitrogen and oxygen atoms in total. The van der Waals surface area contributed by atoms with E-state index in [0.29, 0.717) is 25.3 Å². The largest absolute Gasteiger partial charge is 0.494 e. The molecule has 0 radical (unpaired) electrons. The predicted molar refractivity (Wildman–Crippen MR) is 86.6 cm³/mol. The van der Waals surface area contributed by atoms with Gasteiger partial charge < -0.3 is 19.5 Å². The van der Waals surface area contributed by atoms with Gasteiger partial charge in [0.25, 0.3) is 5.91 Å². The molecule has 3 rings (SSSR count). The first kappa shape index (κ1) is 16.3. The van der Waals surface area contributed by atoms with Crippen LogP contribution >= 0.6 is 0 Å². The summed E-state index contributed by atoms with van der Waals surface area (Å²) in [5.74, 6) is 0.296. The highest BCUT2D eigenvalue weighted by molar-refractivity contribution is 5.94. The summed E-state index contributed by atoms with van der Waals surface area (Å²) in [5.41, 5.74) is 0.625. The van der Waals surface area contributed by atoms with Gasteiger partial charge in [0.05, 0.1) is 13.2 Å². The summed E-state index contributed by atoms with van der Waals surface area (Å²) in [6, 6.07) is 7.17. The molecule has 1 saturated carbocycles. The Kier molecular flexibility index (Phi) is 5.18. The quantitative estimate of drug-likeness (QED) is 0.906. The molecule has 1 aromatic rings. The van der Waals surface area contributed by atoms with Crippen molar-refractivity contribution in [3.63, 3.8) is 0 Å². The highest BCUT2D eigenvalue weighted by Gasteiger charge is 2.42. The zero-order valence-electron chi connectivity index (χ0n) is 13.7. The average Bonchev–Trinajstić information content (AvgIpc) is 2.97. The Morgan fingerprint density at radius 2 is 2.00 bits per heavy atom. The highest BCUT2D eigenvalue weighted by Crippen LogP contribution is 2.37. The maximum atomic E-state index is 12.2. The van der Waals surface area contributed by atoms with E-state index in [0.717, 1.165) is 31.4 Å². The molecule has 1 atom stereocenters. The molecule has 1 N–H and O–H groups in total. The topological polar surface area (TPSA) is 56.8 Å². The van der Waals surface area contributed by atoms with Gasteiger partial charge in [0, 0.05) is 24.9 Å². The van der Waals surface area contributed by atoms with Crippen LogP contribution in [0, 0.1) is 0 Å². The molecule has 1 heterocycles. The number of ether oxygens (including phenoxy) is 3. The van der Waals surface area contributed by atoms with E-state index >= 15 is 0 Å². The highest BCUT2D eigenvalue weighted by atomic mass is 16.7. The third kappa shape index (κ3) is 4.03. The van der Waals surface area contributed by atoms with E-state index in [1.54, 1.807) is 12.1 Å². The number of carbonyl (C=O) groups excluding carboxylic acids is 1. The van der Waals surface area contributed by atoms with E-state index in [9.17, 15) is 4.79 Å². The van der Waals surface area contributed by atoms with Gasteiger partial charge in [-0.15, -0.1) is 0 Å². The fourth-order valence-electron chi connectivity index (χ4n) is 3.25. The number of carbonyl (C=O) groups is 1. The lowest BCUT2D eigenvalue weighted by molar-refractivity contribution is -0.186. The summed E-state index contributed by atoms with van der Waals surface area (Å²) in [4.78, 5) is 12.2. The number of benzene rings is 1. The lowest BCUT2D eigenvalue weighted by Crippen LogP contribution is -2.37. The van der Waals surface area contributed by atoms with Crippen molar-refractivity contribution in [3.05, 3.63) is 29.8 Å². The molecule has 1 amide bonds. The molecule has 0 aromatic heterocycles. The second-order valence-electron chi connectivity index (χ2n) is 6.19. The number of hydrogen-bond acceptors (Lipinski definition) is 4. The smallest absolute Gasteiger partial charge is 0.251 e. The van der Waals surface area contributed by atoms with Crippen LogP contribution < -0.4 is 10.1 Å². The van der Waals surface area contributed by atoms with Gasteiger partial charge in [-0.05, 0) is 44.0 Å². The number of nitrogens with one attached hydrogen (secondary N) is 1. The molecule has 2 aliphatic rings. The van der Waals surface area contributed by atoms with Crippen molar-refractivity contribution in [2.45, 2.75) is 50.9 Å². The Morgan fingerprint density at radius 1 is 1.26 bits per heavy atom. The first-order chi connectivity index (χ1) is 11.2. The van der Waals surface area contributed by atoms with Crippen LogP contribution in [0.2, 0.25) is 0 Å². The lowest BCUT2D eigenvalue weighted by atomic mass is 9.94. The maximum Gasteiger partial charge on any atom is 0.251 e. The Morgan fingerprint density at radius 3 is 2.70 bits per heavy atom. The van der Waals surface area contributed by atoms with Crippen molar-refractivity contribution in [1.82, 2.24) is 5.32 Å². The van der Waals surface area contributed by atoms with E-state index in [1.807, 2.05) is 19.1 Å². The van der Waals surface area contributed by atoms with Crippen molar-refractivity contribution < 1.29 is 19.0 Å². The summed E-state index contributed by atoms with van der Waals surface area (Å²) in [6.07, 6.45) is 5.45. The van der Waals surface area contributed by atoms with Gasteiger partial charge in [0.1, 0.15) is 11.9 Å². The van der Waals surface area contributed by atoms with Gasteiger partial charge in [-0.25, -0.2) is 0 Å². The molecule has 23 heavy (non-hydrogen) atoms. The van der Waals surface area contributed by atoms with Crippen LogP contribution in [0.5, 0.6) is 5.75 Å². The minimum atomic E-state index is -0.382. The second-order valence-corrected chi connectivity index (χ2v) is 6.19. The van der Waals surface area contributed by atoms with E-state index in [1.165, 1.54) is 6.42 Å². The first-order valence-electron chi connectivity index (χ1n) is 8.54. The van der Waals surface area contributed by atoms with Crippen LogP contribution in [0.4, 0.5) is 0 Å². The van der Waals surface area contributed by atoms with Crippen molar-refractivity contribution in [2.75, 3.05) is 19.8 Å². The van der Waals surface area contributed by atoms with E-state index < -0.39 is 0 Å². The molecule has 0 bridgehead atoms. The summed E-state index contributed by atoms with van der Waals surface area (Å²) < 4.78 is 17.3. The Bertz CT molecular complexity index is 522. The molecule has 1 saturated heterocycles. The van der Waals surface area contributed by atoms with Gasteiger partial charge in [-0.1, -0.05) is 6.42 Å². The first-order valence-corrected chi connectivity index (χ1v) is 8.54. The standard InChI is InChI=1S/C18H25NO4/c1-2-21-15-8-6-14(7-9-15)17(20)19-12-16-13-22-18(23-16)10-4-3-5-11-18/h6-9,16H,2-5,10-13H2,1H3,(H,19,20)/t16-/m0/s1. The third-order valence-electron chi connectivity index (χ3n) is 4.45. The molecule has 1 aromatic carbocycles. The van der Waals surface area contributed by atoms with E-state index in [4.69, 9.17) is 14.2 Å². The fraction of sp³-hybridized carbons (Fsp3) is 0.611. The van der Waals surface area contributed by atoms with Gasteiger partial charge >= 0.3 is 0 Å². The van der Waals surface area contributed by atoms with Crippen LogP contribution in [-0.4, -0.2) is 37.6 Å². The molecule has 5 heteroatoms. The lowest BCUT2D eigenvalue weighted by Gasteiger charge is -2.31. The second kappa shape index (κ2) is 7.32. The zero-order valence-corrected chi connectivity index (χ0v) is 13.7. The fourth-order valence-corrected chi connectivity index (χ4v) is 3.25. The Hall–Kier alpha value is -1.59. The Balaban J connectivity index is 1.47. The Labute approximate surface area is 137 Å². The third-order valence-corrected chi connectivity index (χ3v) is 4.45. The van der Waals surface area contributed by atoms with Crippen LogP contribution in [0.1, 0.15) is 49.4 Å². The minimum absolute atomic E-state index is 0.0558. The monoisotopic (exact) mass is 319 g/mol. The van der Waals surface area contributed by atoms with Gasteiger partial charge in [-0.3, -0.25) is 4.79 Å².